The second-order valence-electron chi connectivity index (χ2n) is 3.51. The van der Waals surface area contributed by atoms with Crippen LogP contribution in [0, 0.1) is 3.57 Å². The summed E-state index contributed by atoms with van der Waals surface area (Å²) in [6.07, 6.45) is 0. The molecule has 0 saturated heterocycles. The highest BCUT2D eigenvalue weighted by molar-refractivity contribution is 14.1. The molecule has 0 fully saturated rings. The van der Waals surface area contributed by atoms with Crippen molar-refractivity contribution in [1.82, 2.24) is 5.32 Å². The van der Waals surface area contributed by atoms with Gasteiger partial charge < -0.3 is 5.32 Å². The molecule has 0 aliphatic heterocycles. The van der Waals surface area contributed by atoms with Crippen LogP contribution in [0.25, 0.3) is 0 Å². The molecule has 2 nitrogen and oxygen atoms in total. The fraction of sp³-hybridized carbons (Fsp3) is 0.417. The Bertz CT molecular complexity index is 357. The highest BCUT2D eigenvalue weighted by atomic mass is 127. The fourth-order valence-electron chi connectivity index (χ4n) is 1.28. The molecule has 0 bridgehead atoms. The third-order valence-corrected chi connectivity index (χ3v) is 4.15. The van der Waals surface area contributed by atoms with Crippen molar-refractivity contribution in [3.63, 3.8) is 0 Å². The van der Waals surface area contributed by atoms with Crippen LogP contribution in [0.2, 0.25) is 0 Å². The summed E-state index contributed by atoms with van der Waals surface area (Å²) in [5.74, 6) is 2.07. The number of carbonyl (C=O) groups excluding carboxylic acids is 1. The predicted octanol–water partition coefficient (Wildman–Crippen LogP) is 3.16. The summed E-state index contributed by atoms with van der Waals surface area (Å²) in [6.45, 7) is 4.16. The number of nitrogens with one attached hydrogen (secondary N) is 1. The maximum absolute atomic E-state index is 11.9. The zero-order valence-electron chi connectivity index (χ0n) is 9.50. The summed E-state index contributed by atoms with van der Waals surface area (Å²) >= 11 is 4.03. The molecule has 16 heavy (non-hydrogen) atoms. The largest absolute Gasteiger partial charge is 0.349 e. The van der Waals surface area contributed by atoms with Gasteiger partial charge in [-0.05, 0) is 47.4 Å². The summed E-state index contributed by atoms with van der Waals surface area (Å²) in [6, 6.07) is 7.85. The van der Waals surface area contributed by atoms with Crippen LogP contribution in [0.4, 0.5) is 0 Å². The molecule has 1 aromatic carbocycles. The first kappa shape index (κ1) is 13.8. The minimum atomic E-state index is 0.0224. The maximum Gasteiger partial charge on any atom is 0.252 e. The molecule has 0 spiro atoms. The lowest BCUT2D eigenvalue weighted by molar-refractivity contribution is 0.0943. The quantitative estimate of drug-likeness (QED) is 0.828. The van der Waals surface area contributed by atoms with Gasteiger partial charge in [-0.25, -0.2) is 0 Å². The van der Waals surface area contributed by atoms with Gasteiger partial charge in [0.15, 0.2) is 0 Å². The molecule has 0 heterocycles. The van der Waals surface area contributed by atoms with E-state index in [1.807, 2.05) is 43.0 Å². The molecular weight excluding hydrogens is 333 g/mol. The van der Waals surface area contributed by atoms with Crippen molar-refractivity contribution in [1.29, 1.82) is 0 Å². The standard InChI is InChI=1S/C12H16INOS/c1-3-16-8-9(2)14-12(15)10-6-4-5-7-11(10)13/h4-7,9H,3,8H2,1-2H3,(H,14,15). The normalized spacial score (nSPS) is 12.2. The molecule has 0 aliphatic carbocycles. The topological polar surface area (TPSA) is 29.1 Å². The van der Waals surface area contributed by atoms with E-state index in [1.54, 1.807) is 0 Å². The van der Waals surface area contributed by atoms with Crippen LogP contribution < -0.4 is 5.32 Å². The molecule has 0 aromatic heterocycles. The predicted molar refractivity (Wildman–Crippen MR) is 79.1 cm³/mol. The van der Waals surface area contributed by atoms with Crippen LogP contribution >= 0.6 is 34.4 Å². The Morgan fingerprint density at radius 1 is 1.50 bits per heavy atom. The van der Waals surface area contributed by atoms with Crippen molar-refractivity contribution in [2.45, 2.75) is 19.9 Å². The number of halogens is 1. The molecule has 88 valence electrons. The second-order valence-corrected chi connectivity index (χ2v) is 5.99. The van der Waals surface area contributed by atoms with Gasteiger partial charge in [0.2, 0.25) is 0 Å². The van der Waals surface area contributed by atoms with Gasteiger partial charge in [0.1, 0.15) is 0 Å². The average Bonchev–Trinajstić information content (AvgIpc) is 2.26. The van der Waals surface area contributed by atoms with Gasteiger partial charge in [0.05, 0.1) is 5.56 Å². The Labute approximate surface area is 115 Å². The smallest absolute Gasteiger partial charge is 0.252 e. The number of benzene rings is 1. The van der Waals surface area contributed by atoms with E-state index in [0.717, 1.165) is 20.6 Å². The molecule has 1 unspecified atom stereocenters. The van der Waals surface area contributed by atoms with Crippen LogP contribution in [0.1, 0.15) is 24.2 Å². The van der Waals surface area contributed by atoms with Gasteiger partial charge >= 0.3 is 0 Å². The molecule has 0 radical (unpaired) electrons. The van der Waals surface area contributed by atoms with Gasteiger partial charge in [-0.1, -0.05) is 19.1 Å². The molecule has 1 amide bonds. The molecular formula is C12H16INOS. The van der Waals surface area contributed by atoms with E-state index in [0.29, 0.717) is 0 Å². The summed E-state index contributed by atoms with van der Waals surface area (Å²) in [4.78, 5) is 11.9. The third-order valence-electron chi connectivity index (χ3n) is 2.07. The molecule has 0 aliphatic rings. The zero-order valence-corrected chi connectivity index (χ0v) is 12.5. The van der Waals surface area contributed by atoms with E-state index >= 15 is 0 Å². The van der Waals surface area contributed by atoms with E-state index in [-0.39, 0.29) is 11.9 Å². The van der Waals surface area contributed by atoms with Gasteiger partial charge in [-0.2, -0.15) is 11.8 Å². The highest BCUT2D eigenvalue weighted by Gasteiger charge is 2.11. The minimum Gasteiger partial charge on any atom is -0.349 e. The average molecular weight is 349 g/mol. The fourth-order valence-corrected chi connectivity index (χ4v) is 2.59. The summed E-state index contributed by atoms with van der Waals surface area (Å²) in [7, 11) is 0. The zero-order chi connectivity index (χ0) is 12.0. The first-order chi connectivity index (χ1) is 7.65. The van der Waals surface area contributed by atoms with E-state index in [2.05, 4.69) is 34.8 Å². The molecule has 1 N–H and O–H groups in total. The summed E-state index contributed by atoms with van der Waals surface area (Å²) < 4.78 is 0.993. The Morgan fingerprint density at radius 2 is 2.19 bits per heavy atom. The van der Waals surface area contributed by atoms with Crippen LogP contribution in [0.15, 0.2) is 24.3 Å². The van der Waals surface area contributed by atoms with Crippen molar-refractivity contribution in [3.8, 4) is 0 Å². The SMILES string of the molecule is CCSCC(C)NC(=O)c1ccccc1I. The Morgan fingerprint density at radius 3 is 2.81 bits per heavy atom. The Balaban J connectivity index is 2.56. The first-order valence-corrected chi connectivity index (χ1v) is 7.51. The monoisotopic (exact) mass is 349 g/mol. The molecule has 4 heteroatoms. The first-order valence-electron chi connectivity index (χ1n) is 5.28. The Hall–Kier alpha value is -0.230. The van der Waals surface area contributed by atoms with E-state index in [9.17, 15) is 4.79 Å². The number of thioether (sulfide) groups is 1. The van der Waals surface area contributed by atoms with Gasteiger partial charge in [-0.3, -0.25) is 4.79 Å². The second kappa shape index (κ2) is 7.17. The van der Waals surface area contributed by atoms with Gasteiger partial charge in [-0.15, -0.1) is 0 Å². The molecule has 1 aromatic rings. The van der Waals surface area contributed by atoms with E-state index in [1.165, 1.54) is 0 Å². The molecule has 1 rings (SSSR count). The minimum absolute atomic E-state index is 0.0224. The van der Waals surface area contributed by atoms with E-state index in [4.69, 9.17) is 0 Å². The van der Waals surface area contributed by atoms with Crippen LogP contribution in [0.5, 0.6) is 0 Å². The van der Waals surface area contributed by atoms with Crippen LogP contribution in [-0.2, 0) is 0 Å². The van der Waals surface area contributed by atoms with Crippen molar-refractivity contribution in [2.24, 2.45) is 0 Å². The van der Waals surface area contributed by atoms with Gasteiger partial charge in [0.25, 0.3) is 5.91 Å². The Kier molecular flexibility index (Phi) is 6.20. The van der Waals surface area contributed by atoms with Crippen molar-refractivity contribution < 1.29 is 4.79 Å². The lowest BCUT2D eigenvalue weighted by Gasteiger charge is -2.13. The summed E-state index contributed by atoms with van der Waals surface area (Å²) in [5.41, 5.74) is 0.761. The van der Waals surface area contributed by atoms with Crippen molar-refractivity contribution in [3.05, 3.63) is 33.4 Å². The maximum atomic E-state index is 11.9. The summed E-state index contributed by atoms with van der Waals surface area (Å²) in [5, 5.41) is 3.01. The molecule has 1 atom stereocenters. The number of rotatable bonds is 5. The van der Waals surface area contributed by atoms with Crippen LogP contribution in [0.3, 0.4) is 0 Å². The van der Waals surface area contributed by atoms with E-state index < -0.39 is 0 Å². The molecule has 0 saturated carbocycles. The number of amides is 1. The van der Waals surface area contributed by atoms with Crippen molar-refractivity contribution in [2.75, 3.05) is 11.5 Å². The lowest BCUT2D eigenvalue weighted by Crippen LogP contribution is -2.34. The third kappa shape index (κ3) is 4.33. The lowest BCUT2D eigenvalue weighted by atomic mass is 10.2. The highest BCUT2D eigenvalue weighted by Crippen LogP contribution is 2.11. The van der Waals surface area contributed by atoms with Crippen molar-refractivity contribution >= 4 is 40.3 Å². The van der Waals surface area contributed by atoms with Crippen LogP contribution in [-0.4, -0.2) is 23.5 Å². The number of hydrogen-bond acceptors (Lipinski definition) is 2. The number of hydrogen-bond donors (Lipinski definition) is 1. The number of carbonyl (C=O) groups is 1. The van der Waals surface area contributed by atoms with Gasteiger partial charge in [0, 0.05) is 15.4 Å².